The van der Waals surface area contributed by atoms with Gasteiger partial charge in [0.15, 0.2) is 0 Å². The normalized spacial score (nSPS) is 15.0. The first kappa shape index (κ1) is 43.5. The summed E-state index contributed by atoms with van der Waals surface area (Å²) in [5.74, 6) is 0. The van der Waals surface area contributed by atoms with E-state index >= 15 is 0 Å². The van der Waals surface area contributed by atoms with E-state index in [9.17, 15) is 0 Å². The second-order valence-corrected chi connectivity index (χ2v) is 23.1. The third-order valence-electron chi connectivity index (χ3n) is 14.6. The van der Waals surface area contributed by atoms with Crippen molar-refractivity contribution in [3.05, 3.63) is 226 Å². The Kier molecular flexibility index (Phi) is 9.76. The Morgan fingerprint density at radius 2 is 0.879 bits per heavy atom. The largest absolute Gasteiger partial charge is 0.326 e. The molecular formula is C62H64N4. The lowest BCUT2D eigenvalue weighted by molar-refractivity contribution is -0.674. The fourth-order valence-corrected chi connectivity index (χ4v) is 10.9. The first-order valence-corrected chi connectivity index (χ1v) is 23.7. The van der Waals surface area contributed by atoms with Gasteiger partial charge in [0, 0.05) is 24.8 Å². The van der Waals surface area contributed by atoms with Crippen molar-refractivity contribution in [1.82, 2.24) is 14.5 Å². The van der Waals surface area contributed by atoms with E-state index < -0.39 is 10.8 Å². The summed E-state index contributed by atoms with van der Waals surface area (Å²) in [5, 5.41) is 0. The maximum absolute atomic E-state index is 6.26. The van der Waals surface area contributed by atoms with Crippen LogP contribution in [-0.2, 0) is 39.5 Å². The van der Waals surface area contributed by atoms with Crippen molar-refractivity contribution in [2.75, 3.05) is 0 Å². The van der Waals surface area contributed by atoms with Crippen LogP contribution in [0.2, 0.25) is 0 Å². The van der Waals surface area contributed by atoms with Gasteiger partial charge in [-0.25, -0.2) is 0 Å². The van der Waals surface area contributed by atoms with Crippen LogP contribution in [0.1, 0.15) is 150 Å². The molecule has 2 aliphatic rings. The number of aromatic nitrogens is 4. The van der Waals surface area contributed by atoms with Crippen LogP contribution in [0.15, 0.2) is 152 Å². The quantitative estimate of drug-likeness (QED) is 0.128. The third kappa shape index (κ3) is 6.65. The van der Waals surface area contributed by atoms with Crippen molar-refractivity contribution in [2.24, 2.45) is 7.05 Å². The number of pyridine rings is 2. The summed E-state index contributed by atoms with van der Waals surface area (Å²) in [7, 11) is 2.02. The summed E-state index contributed by atoms with van der Waals surface area (Å²) in [4.78, 5) is 11.1. The van der Waals surface area contributed by atoms with Crippen LogP contribution in [0.5, 0.6) is 0 Å². The highest BCUT2D eigenvalue weighted by Crippen LogP contribution is 2.60. The number of nitrogens with zero attached hydrogens (tertiary/aromatic N) is 4. The van der Waals surface area contributed by atoms with Crippen LogP contribution in [-0.4, -0.2) is 14.5 Å². The molecule has 0 spiro atoms. The zero-order chi connectivity index (χ0) is 46.8. The molecule has 0 amide bonds. The van der Waals surface area contributed by atoms with Crippen LogP contribution in [0.4, 0.5) is 0 Å². The summed E-state index contributed by atoms with van der Waals surface area (Å²) in [5.41, 5.74) is 18.6. The molecule has 0 radical (unpaired) electrons. The first-order valence-electron chi connectivity index (χ1n) is 23.7. The van der Waals surface area contributed by atoms with Gasteiger partial charge in [0.05, 0.1) is 35.0 Å². The van der Waals surface area contributed by atoms with Gasteiger partial charge in [-0.15, -0.1) is 0 Å². The lowest BCUT2D eigenvalue weighted by Crippen LogP contribution is -2.35. The molecule has 4 heteroatoms. The van der Waals surface area contributed by atoms with E-state index in [0.717, 1.165) is 22.6 Å². The van der Waals surface area contributed by atoms with E-state index in [2.05, 4.69) is 234 Å². The van der Waals surface area contributed by atoms with Crippen LogP contribution >= 0.6 is 0 Å². The molecule has 3 aromatic heterocycles. The molecule has 0 aliphatic heterocycles. The van der Waals surface area contributed by atoms with Crippen molar-refractivity contribution < 1.29 is 4.57 Å². The molecule has 3 heterocycles. The van der Waals surface area contributed by atoms with Gasteiger partial charge in [0.1, 0.15) is 0 Å². The summed E-state index contributed by atoms with van der Waals surface area (Å²) >= 11 is 0. The van der Waals surface area contributed by atoms with Gasteiger partial charge in [-0.05, 0) is 118 Å². The molecule has 4 nitrogen and oxygen atoms in total. The van der Waals surface area contributed by atoms with E-state index in [1.54, 1.807) is 0 Å². The molecule has 10 rings (SSSR count). The lowest BCUT2D eigenvalue weighted by Gasteiger charge is -2.37. The molecule has 0 saturated carbocycles. The van der Waals surface area contributed by atoms with Gasteiger partial charge in [0.2, 0.25) is 6.33 Å². The minimum atomic E-state index is -0.796. The predicted molar refractivity (Wildman–Crippen MR) is 271 cm³/mol. The van der Waals surface area contributed by atoms with Gasteiger partial charge in [-0.1, -0.05) is 192 Å². The van der Waals surface area contributed by atoms with Gasteiger partial charge in [-0.2, -0.15) is 0 Å². The highest BCUT2D eigenvalue weighted by molar-refractivity contribution is 5.89. The predicted octanol–water partition coefficient (Wildman–Crippen LogP) is 13.8. The van der Waals surface area contributed by atoms with E-state index in [1.807, 2.05) is 24.0 Å². The summed E-state index contributed by atoms with van der Waals surface area (Å²) in [6.45, 7) is 27.8. The Morgan fingerprint density at radius 1 is 0.470 bits per heavy atom. The van der Waals surface area contributed by atoms with Gasteiger partial charge in [-0.3, -0.25) is 9.97 Å². The average Bonchev–Trinajstić information content (AvgIpc) is 3.94. The number of aryl methyl sites for hydroxylation is 1. The van der Waals surface area contributed by atoms with Crippen LogP contribution in [0.3, 0.4) is 0 Å². The zero-order valence-electron chi connectivity index (χ0n) is 41.2. The maximum atomic E-state index is 6.26. The van der Waals surface area contributed by atoms with Crippen LogP contribution in [0.25, 0.3) is 27.9 Å². The van der Waals surface area contributed by atoms with Gasteiger partial charge >= 0.3 is 0 Å². The molecule has 0 saturated heterocycles. The van der Waals surface area contributed by atoms with Gasteiger partial charge in [0.25, 0.3) is 0 Å². The molecule has 332 valence electrons. The molecule has 2 aliphatic carbocycles. The fourth-order valence-electron chi connectivity index (χ4n) is 10.9. The van der Waals surface area contributed by atoms with E-state index in [4.69, 9.17) is 9.97 Å². The molecular weight excluding hydrogens is 801 g/mol. The number of hydrogen-bond donors (Lipinski definition) is 0. The Labute approximate surface area is 393 Å². The molecule has 66 heavy (non-hydrogen) atoms. The summed E-state index contributed by atoms with van der Waals surface area (Å²) < 4.78 is 4.07. The maximum Gasteiger partial charge on any atom is 0.243 e. The molecule has 0 bridgehead atoms. The molecule has 0 atom stereocenters. The Hall–Kier alpha value is -6.39. The van der Waals surface area contributed by atoms with E-state index in [-0.39, 0.29) is 21.7 Å². The molecule has 0 unspecified atom stereocenters. The monoisotopic (exact) mass is 865 g/mol. The highest BCUT2D eigenvalue weighted by Gasteiger charge is 2.52. The van der Waals surface area contributed by atoms with Crippen LogP contribution in [0, 0.1) is 6.33 Å². The Bertz CT molecular complexity index is 3060. The van der Waals surface area contributed by atoms with Crippen molar-refractivity contribution >= 4 is 0 Å². The summed E-state index contributed by atoms with van der Waals surface area (Å²) in [6, 6.07) is 49.1. The molecule has 0 N–H and O–H groups in total. The minimum absolute atomic E-state index is 0.0770. The number of fused-ring (bicyclic) bond motifs is 6. The smallest absolute Gasteiger partial charge is 0.243 e. The van der Waals surface area contributed by atoms with E-state index in [0.29, 0.717) is 0 Å². The SMILES string of the molecule is C[n+]1[c-]n(-c2cccc(C3(c4cccc(C5(c6cccnc6)c6cc(C(C)(C)C)ccc6-c6ccc(C(C)(C)C)cc65)n4)c4cc(C(C)(C)C)ccc4-c4ccc(C(C)(C)C)cc43)c2)cc1. The van der Waals surface area contributed by atoms with Gasteiger partial charge < -0.3 is 9.13 Å². The second kappa shape index (κ2) is 14.8. The zero-order valence-corrected chi connectivity index (χ0v) is 41.2. The minimum Gasteiger partial charge on any atom is -0.326 e. The number of rotatable bonds is 5. The topological polar surface area (TPSA) is 34.6 Å². The van der Waals surface area contributed by atoms with E-state index in [1.165, 1.54) is 72.3 Å². The second-order valence-electron chi connectivity index (χ2n) is 23.1. The molecule has 0 fully saturated rings. The molecule has 5 aromatic carbocycles. The highest BCUT2D eigenvalue weighted by atomic mass is 15.1. The summed E-state index contributed by atoms with van der Waals surface area (Å²) in [6.07, 6.45) is 11.6. The van der Waals surface area contributed by atoms with Crippen molar-refractivity contribution in [3.63, 3.8) is 0 Å². The van der Waals surface area contributed by atoms with Crippen LogP contribution < -0.4 is 4.57 Å². The van der Waals surface area contributed by atoms with Crippen molar-refractivity contribution in [2.45, 2.75) is 116 Å². The number of benzene rings is 5. The lowest BCUT2D eigenvalue weighted by atomic mass is 9.66. The molecule has 8 aromatic rings. The standard InChI is InChI=1S/C62H64N4/c1-57(2,3)40-22-26-47-48-27-23-41(58(4,5)6)35-52(48)61(51(47)34-40,44-17-14-19-46(33-44)66-32-31-65(13)39-66)55-20-15-21-56(64-55)62(45-18-16-30-63-38-45)53-36-42(59(7,8)9)24-28-49(53)50-29-25-43(37-54(50)62)60(10,11)12/h14-38H,1-13H3. The average molecular weight is 865 g/mol. The number of imidazole rings is 1. The first-order chi connectivity index (χ1) is 31.1. The Morgan fingerprint density at radius 3 is 1.26 bits per heavy atom. The van der Waals surface area contributed by atoms with Crippen molar-refractivity contribution in [3.8, 4) is 27.9 Å². The van der Waals surface area contributed by atoms with Crippen molar-refractivity contribution in [1.29, 1.82) is 0 Å². The number of hydrogen-bond acceptors (Lipinski definition) is 2. The third-order valence-corrected chi connectivity index (χ3v) is 14.6. The Balaban J connectivity index is 1.37. The fraction of sp³-hybridized carbons (Fsp3) is 0.306.